The van der Waals surface area contributed by atoms with E-state index < -0.39 is 0 Å². The first kappa shape index (κ1) is 20.2. The molecule has 1 fully saturated rings. The van der Waals surface area contributed by atoms with Crippen LogP contribution in [0.3, 0.4) is 0 Å². The number of piperazine rings is 1. The van der Waals surface area contributed by atoms with Crippen LogP contribution in [0.5, 0.6) is 11.5 Å². The molecule has 0 spiro atoms. The molecular weight excluding hydrogens is 374 g/mol. The number of benzene rings is 3. The Bertz CT molecular complexity index is 1030. The summed E-state index contributed by atoms with van der Waals surface area (Å²) in [5.41, 5.74) is 3.43. The molecule has 1 aliphatic rings. The molecule has 3 aromatic rings. The number of fused-ring (bicyclic) bond motifs is 1. The van der Waals surface area contributed by atoms with Crippen LogP contribution >= 0.6 is 0 Å². The van der Waals surface area contributed by atoms with E-state index in [4.69, 9.17) is 14.6 Å². The maximum absolute atomic E-state index is 5.42. The van der Waals surface area contributed by atoms with Crippen molar-refractivity contribution in [2.45, 2.75) is 13.5 Å². The molecule has 5 heteroatoms. The van der Waals surface area contributed by atoms with E-state index in [1.54, 1.807) is 14.2 Å². The molecule has 1 heterocycles. The zero-order valence-electron chi connectivity index (χ0n) is 18.0. The molecule has 0 aromatic heterocycles. The van der Waals surface area contributed by atoms with E-state index in [1.165, 1.54) is 16.3 Å². The van der Waals surface area contributed by atoms with Crippen LogP contribution in [-0.2, 0) is 6.54 Å². The highest BCUT2D eigenvalue weighted by atomic mass is 16.5. The van der Waals surface area contributed by atoms with Gasteiger partial charge in [0.2, 0.25) is 0 Å². The summed E-state index contributed by atoms with van der Waals surface area (Å²) in [4.78, 5) is 2.51. The molecule has 30 heavy (non-hydrogen) atoms. The number of methoxy groups -OCH3 is 2. The van der Waals surface area contributed by atoms with Gasteiger partial charge in [-0.2, -0.15) is 5.10 Å². The second-order valence-electron chi connectivity index (χ2n) is 7.62. The minimum Gasteiger partial charge on any atom is -0.493 e. The monoisotopic (exact) mass is 403 g/mol. The Morgan fingerprint density at radius 1 is 0.867 bits per heavy atom. The summed E-state index contributed by atoms with van der Waals surface area (Å²) >= 11 is 0. The SMILES string of the molecule is COc1ccc(/C(C)=N/N2CCN(Cc3cccc4ccccc34)CC2)cc1OC. The number of ether oxygens (including phenoxy) is 2. The van der Waals surface area contributed by atoms with Crippen molar-refractivity contribution in [3.63, 3.8) is 0 Å². The van der Waals surface area contributed by atoms with E-state index in [-0.39, 0.29) is 0 Å². The molecule has 0 N–H and O–H groups in total. The normalized spacial score (nSPS) is 15.4. The fourth-order valence-corrected chi connectivity index (χ4v) is 4.00. The van der Waals surface area contributed by atoms with Crippen LogP contribution in [0.1, 0.15) is 18.1 Å². The molecule has 0 aliphatic carbocycles. The summed E-state index contributed by atoms with van der Waals surface area (Å²) in [5, 5.41) is 9.69. The maximum Gasteiger partial charge on any atom is 0.161 e. The third-order valence-electron chi connectivity index (χ3n) is 5.72. The summed E-state index contributed by atoms with van der Waals surface area (Å²) in [6, 6.07) is 21.1. The van der Waals surface area contributed by atoms with E-state index in [2.05, 4.69) is 52.4 Å². The molecule has 0 radical (unpaired) electrons. The van der Waals surface area contributed by atoms with Crippen molar-refractivity contribution in [1.29, 1.82) is 0 Å². The molecule has 1 saturated heterocycles. The van der Waals surface area contributed by atoms with Gasteiger partial charge >= 0.3 is 0 Å². The third-order valence-corrected chi connectivity index (χ3v) is 5.72. The van der Waals surface area contributed by atoms with Crippen LogP contribution in [0, 0.1) is 0 Å². The third kappa shape index (κ3) is 4.41. The molecule has 0 atom stereocenters. The van der Waals surface area contributed by atoms with Crippen LogP contribution in [0.4, 0.5) is 0 Å². The second-order valence-corrected chi connectivity index (χ2v) is 7.62. The summed E-state index contributed by atoms with van der Waals surface area (Å²) in [6.07, 6.45) is 0. The fourth-order valence-electron chi connectivity index (χ4n) is 4.00. The van der Waals surface area contributed by atoms with Crippen molar-refractivity contribution < 1.29 is 9.47 Å². The first-order valence-corrected chi connectivity index (χ1v) is 10.4. The van der Waals surface area contributed by atoms with E-state index in [9.17, 15) is 0 Å². The topological polar surface area (TPSA) is 37.3 Å². The minimum absolute atomic E-state index is 0.726. The van der Waals surface area contributed by atoms with Gasteiger partial charge in [-0.1, -0.05) is 42.5 Å². The first-order valence-electron chi connectivity index (χ1n) is 10.4. The quantitative estimate of drug-likeness (QED) is 0.572. The Morgan fingerprint density at radius 3 is 2.37 bits per heavy atom. The van der Waals surface area contributed by atoms with Gasteiger partial charge in [0.25, 0.3) is 0 Å². The lowest BCUT2D eigenvalue weighted by Gasteiger charge is -2.33. The van der Waals surface area contributed by atoms with E-state index >= 15 is 0 Å². The Labute approximate surface area is 178 Å². The highest BCUT2D eigenvalue weighted by molar-refractivity contribution is 5.99. The molecule has 0 saturated carbocycles. The molecule has 0 bridgehead atoms. The van der Waals surface area contributed by atoms with Gasteiger partial charge in [-0.15, -0.1) is 0 Å². The number of nitrogens with zero attached hydrogens (tertiary/aromatic N) is 3. The van der Waals surface area contributed by atoms with E-state index in [0.29, 0.717) is 0 Å². The number of rotatable bonds is 6. The smallest absolute Gasteiger partial charge is 0.161 e. The van der Waals surface area contributed by atoms with Crippen LogP contribution in [0.25, 0.3) is 10.8 Å². The van der Waals surface area contributed by atoms with Crippen LogP contribution in [0.2, 0.25) is 0 Å². The van der Waals surface area contributed by atoms with Crippen LogP contribution < -0.4 is 9.47 Å². The fraction of sp³-hybridized carbons (Fsp3) is 0.320. The van der Waals surface area contributed by atoms with Gasteiger partial charge in [-0.3, -0.25) is 9.91 Å². The van der Waals surface area contributed by atoms with Gasteiger partial charge in [-0.05, 0) is 41.5 Å². The van der Waals surface area contributed by atoms with Gasteiger partial charge in [-0.25, -0.2) is 0 Å². The molecule has 156 valence electrons. The van der Waals surface area contributed by atoms with Gasteiger partial charge in [0.1, 0.15) is 0 Å². The van der Waals surface area contributed by atoms with Gasteiger partial charge in [0.15, 0.2) is 11.5 Å². The number of hydrogen-bond donors (Lipinski definition) is 0. The molecule has 0 amide bonds. The molecule has 1 aliphatic heterocycles. The number of hydrogen-bond acceptors (Lipinski definition) is 5. The highest BCUT2D eigenvalue weighted by Crippen LogP contribution is 2.28. The van der Waals surface area contributed by atoms with E-state index in [0.717, 1.165) is 55.5 Å². The zero-order chi connectivity index (χ0) is 20.9. The van der Waals surface area contributed by atoms with Gasteiger partial charge in [0.05, 0.1) is 19.9 Å². The zero-order valence-corrected chi connectivity index (χ0v) is 18.0. The van der Waals surface area contributed by atoms with Crippen molar-refractivity contribution in [1.82, 2.24) is 9.91 Å². The molecular formula is C25H29N3O2. The molecule has 3 aromatic carbocycles. The van der Waals surface area contributed by atoms with E-state index in [1.807, 2.05) is 25.1 Å². The average Bonchev–Trinajstić information content (AvgIpc) is 2.80. The maximum atomic E-state index is 5.42. The Hall–Kier alpha value is -3.05. The van der Waals surface area contributed by atoms with Crippen molar-refractivity contribution in [3.8, 4) is 11.5 Å². The lowest BCUT2D eigenvalue weighted by molar-refractivity contribution is 0.131. The average molecular weight is 404 g/mol. The highest BCUT2D eigenvalue weighted by Gasteiger charge is 2.17. The summed E-state index contributed by atoms with van der Waals surface area (Å²) in [6.45, 7) is 6.89. The Balaban J connectivity index is 1.39. The van der Waals surface area contributed by atoms with Gasteiger partial charge < -0.3 is 9.47 Å². The van der Waals surface area contributed by atoms with Crippen LogP contribution in [0.15, 0.2) is 65.8 Å². The Morgan fingerprint density at radius 2 is 1.60 bits per heavy atom. The standard InChI is InChI=1S/C25H29N3O2/c1-19(21-11-12-24(29-2)25(17-21)30-3)26-28-15-13-27(14-16-28)18-22-9-6-8-20-7-4-5-10-23(20)22/h4-12,17H,13-16,18H2,1-3H3/b26-19+. The number of hydrazone groups is 1. The van der Waals surface area contributed by atoms with Crippen molar-refractivity contribution in [2.75, 3.05) is 40.4 Å². The van der Waals surface area contributed by atoms with Crippen LogP contribution in [-0.4, -0.2) is 56.0 Å². The van der Waals surface area contributed by atoms with Gasteiger partial charge in [0, 0.05) is 38.3 Å². The molecule has 0 unspecified atom stereocenters. The van der Waals surface area contributed by atoms with Crippen molar-refractivity contribution in [2.24, 2.45) is 5.10 Å². The lowest BCUT2D eigenvalue weighted by atomic mass is 10.0. The largest absolute Gasteiger partial charge is 0.493 e. The predicted octanol–water partition coefficient (Wildman–Crippen LogP) is 4.40. The van der Waals surface area contributed by atoms with Crippen molar-refractivity contribution >= 4 is 16.5 Å². The summed E-state index contributed by atoms with van der Waals surface area (Å²) < 4.78 is 10.7. The molecule has 5 nitrogen and oxygen atoms in total. The minimum atomic E-state index is 0.726. The predicted molar refractivity (Wildman–Crippen MR) is 123 cm³/mol. The second kappa shape index (κ2) is 9.18. The Kier molecular flexibility index (Phi) is 6.19. The first-order chi connectivity index (χ1) is 14.7. The lowest BCUT2D eigenvalue weighted by Crippen LogP contribution is -2.43. The summed E-state index contributed by atoms with van der Waals surface area (Å²) in [7, 11) is 3.31. The summed E-state index contributed by atoms with van der Waals surface area (Å²) in [5.74, 6) is 1.46. The van der Waals surface area contributed by atoms with Crippen molar-refractivity contribution in [3.05, 3.63) is 71.8 Å². The molecule has 4 rings (SSSR count).